The SMILES string of the molecule is Cl.O=C(NCCNC1CCCCCC1)c1ccc([N+](=O)[O-])cc1. The van der Waals surface area contributed by atoms with Crippen molar-refractivity contribution in [2.24, 2.45) is 0 Å². The van der Waals surface area contributed by atoms with E-state index in [1.54, 1.807) is 0 Å². The number of nitro benzene ring substituents is 1. The zero-order valence-electron chi connectivity index (χ0n) is 13.1. The summed E-state index contributed by atoms with van der Waals surface area (Å²) in [4.78, 5) is 22.0. The summed E-state index contributed by atoms with van der Waals surface area (Å²) in [6.45, 7) is 1.32. The number of non-ortho nitro benzene ring substituents is 1. The third-order valence-corrected chi connectivity index (χ3v) is 4.04. The standard InChI is InChI=1S/C16H23N3O3.ClH/c20-16(13-7-9-15(10-8-13)19(21)22)18-12-11-17-14-5-3-1-2-4-6-14;/h7-10,14,17H,1-6,11-12H2,(H,18,20);1H. The Kier molecular flexibility index (Phi) is 8.58. The van der Waals surface area contributed by atoms with Gasteiger partial charge in [-0.2, -0.15) is 0 Å². The van der Waals surface area contributed by atoms with Gasteiger partial charge in [0.15, 0.2) is 0 Å². The molecule has 128 valence electrons. The van der Waals surface area contributed by atoms with Gasteiger partial charge in [0, 0.05) is 36.8 Å². The van der Waals surface area contributed by atoms with Crippen LogP contribution in [0.3, 0.4) is 0 Å². The zero-order chi connectivity index (χ0) is 15.8. The van der Waals surface area contributed by atoms with Gasteiger partial charge in [-0.15, -0.1) is 12.4 Å². The fraction of sp³-hybridized carbons (Fsp3) is 0.562. The van der Waals surface area contributed by atoms with Crippen LogP contribution in [0.15, 0.2) is 24.3 Å². The van der Waals surface area contributed by atoms with Gasteiger partial charge >= 0.3 is 0 Å². The van der Waals surface area contributed by atoms with Crippen molar-refractivity contribution < 1.29 is 9.72 Å². The summed E-state index contributed by atoms with van der Waals surface area (Å²) in [7, 11) is 0. The molecule has 0 bridgehead atoms. The molecular formula is C16H24ClN3O3. The summed E-state index contributed by atoms with van der Waals surface area (Å²) in [5.41, 5.74) is 0.437. The maximum Gasteiger partial charge on any atom is 0.269 e. The van der Waals surface area contributed by atoms with E-state index in [4.69, 9.17) is 0 Å². The van der Waals surface area contributed by atoms with Gasteiger partial charge in [-0.25, -0.2) is 0 Å². The molecule has 1 aliphatic rings. The topological polar surface area (TPSA) is 84.3 Å². The number of carbonyl (C=O) groups is 1. The molecule has 0 spiro atoms. The monoisotopic (exact) mass is 341 g/mol. The Balaban J connectivity index is 0.00000264. The van der Waals surface area contributed by atoms with E-state index in [2.05, 4.69) is 10.6 Å². The van der Waals surface area contributed by atoms with Crippen LogP contribution >= 0.6 is 12.4 Å². The molecule has 0 heterocycles. The number of nitrogens with one attached hydrogen (secondary N) is 2. The van der Waals surface area contributed by atoms with Crippen molar-refractivity contribution >= 4 is 24.0 Å². The Labute approximate surface area is 142 Å². The third-order valence-electron chi connectivity index (χ3n) is 4.04. The predicted octanol–water partition coefficient (Wildman–Crippen LogP) is 3.06. The van der Waals surface area contributed by atoms with E-state index in [9.17, 15) is 14.9 Å². The Morgan fingerprint density at radius 3 is 2.26 bits per heavy atom. The van der Waals surface area contributed by atoms with Crippen LogP contribution in [0.2, 0.25) is 0 Å². The van der Waals surface area contributed by atoms with Crippen molar-refractivity contribution in [2.75, 3.05) is 13.1 Å². The molecular weight excluding hydrogens is 318 g/mol. The van der Waals surface area contributed by atoms with Crippen molar-refractivity contribution in [3.63, 3.8) is 0 Å². The van der Waals surface area contributed by atoms with E-state index >= 15 is 0 Å². The minimum Gasteiger partial charge on any atom is -0.351 e. The Morgan fingerprint density at radius 2 is 1.70 bits per heavy atom. The molecule has 2 N–H and O–H groups in total. The summed E-state index contributed by atoms with van der Waals surface area (Å²) >= 11 is 0. The van der Waals surface area contributed by atoms with Crippen molar-refractivity contribution in [3.05, 3.63) is 39.9 Å². The Morgan fingerprint density at radius 1 is 1.09 bits per heavy atom. The number of nitro groups is 1. The number of hydrogen-bond acceptors (Lipinski definition) is 4. The lowest BCUT2D eigenvalue weighted by molar-refractivity contribution is -0.384. The quantitative estimate of drug-likeness (QED) is 0.360. The van der Waals surface area contributed by atoms with Crippen molar-refractivity contribution in [3.8, 4) is 0 Å². The van der Waals surface area contributed by atoms with Crippen molar-refractivity contribution in [2.45, 2.75) is 44.6 Å². The molecule has 23 heavy (non-hydrogen) atoms. The first-order chi connectivity index (χ1) is 10.7. The summed E-state index contributed by atoms with van der Waals surface area (Å²) in [5, 5.41) is 16.9. The predicted molar refractivity (Wildman–Crippen MR) is 92.2 cm³/mol. The molecule has 1 fully saturated rings. The van der Waals surface area contributed by atoms with Crippen LogP contribution in [-0.4, -0.2) is 30.0 Å². The highest BCUT2D eigenvalue weighted by atomic mass is 35.5. The highest BCUT2D eigenvalue weighted by Crippen LogP contribution is 2.16. The maximum atomic E-state index is 11.9. The normalized spacial score (nSPS) is 15.3. The van der Waals surface area contributed by atoms with Crippen molar-refractivity contribution in [1.29, 1.82) is 0 Å². The van der Waals surface area contributed by atoms with Crippen LogP contribution in [0.4, 0.5) is 5.69 Å². The molecule has 0 aliphatic heterocycles. The average Bonchev–Trinajstić information content (AvgIpc) is 2.80. The summed E-state index contributed by atoms with van der Waals surface area (Å²) in [6.07, 6.45) is 7.66. The third kappa shape index (κ3) is 6.54. The van der Waals surface area contributed by atoms with E-state index in [1.807, 2.05) is 0 Å². The smallest absolute Gasteiger partial charge is 0.269 e. The minimum absolute atomic E-state index is 0. The summed E-state index contributed by atoms with van der Waals surface area (Å²) in [6, 6.07) is 6.22. The van der Waals surface area contributed by atoms with Gasteiger partial charge in [0.2, 0.25) is 0 Å². The number of nitrogens with zero attached hydrogens (tertiary/aromatic N) is 1. The number of amides is 1. The number of rotatable bonds is 6. The molecule has 1 aromatic rings. The first-order valence-corrected chi connectivity index (χ1v) is 7.93. The molecule has 1 amide bonds. The van der Waals surface area contributed by atoms with E-state index in [0.29, 0.717) is 18.2 Å². The van der Waals surface area contributed by atoms with Gasteiger partial charge in [0.05, 0.1) is 4.92 Å². The van der Waals surface area contributed by atoms with Crippen LogP contribution in [0.25, 0.3) is 0 Å². The van der Waals surface area contributed by atoms with Gasteiger partial charge in [0.25, 0.3) is 11.6 Å². The Bertz CT molecular complexity index is 500. The lowest BCUT2D eigenvalue weighted by atomic mass is 10.1. The second-order valence-corrected chi connectivity index (χ2v) is 5.70. The summed E-state index contributed by atoms with van der Waals surface area (Å²) in [5.74, 6) is -0.197. The van der Waals surface area contributed by atoms with E-state index in [0.717, 1.165) is 6.54 Å². The number of carbonyl (C=O) groups excluding carboxylic acids is 1. The molecule has 1 aromatic carbocycles. The molecule has 6 nitrogen and oxygen atoms in total. The van der Waals surface area contributed by atoms with Crippen LogP contribution in [0.5, 0.6) is 0 Å². The second kappa shape index (κ2) is 10.2. The number of hydrogen-bond donors (Lipinski definition) is 2. The largest absolute Gasteiger partial charge is 0.351 e. The second-order valence-electron chi connectivity index (χ2n) is 5.70. The lowest BCUT2D eigenvalue weighted by Crippen LogP contribution is -2.36. The molecule has 7 heteroatoms. The van der Waals surface area contributed by atoms with Gasteiger partial charge in [-0.05, 0) is 25.0 Å². The molecule has 1 saturated carbocycles. The fourth-order valence-corrected chi connectivity index (χ4v) is 2.77. The van der Waals surface area contributed by atoms with Gasteiger partial charge < -0.3 is 10.6 Å². The number of benzene rings is 1. The lowest BCUT2D eigenvalue weighted by Gasteiger charge is -2.16. The summed E-state index contributed by atoms with van der Waals surface area (Å²) < 4.78 is 0. The fourth-order valence-electron chi connectivity index (χ4n) is 2.77. The molecule has 1 aliphatic carbocycles. The molecule has 0 radical (unpaired) electrons. The zero-order valence-corrected chi connectivity index (χ0v) is 13.9. The average molecular weight is 342 g/mol. The van der Waals surface area contributed by atoms with E-state index in [1.165, 1.54) is 62.8 Å². The Hall–Kier alpha value is -1.66. The molecule has 2 rings (SSSR count). The minimum atomic E-state index is -0.474. The van der Waals surface area contributed by atoms with E-state index in [-0.39, 0.29) is 24.0 Å². The maximum absolute atomic E-state index is 11.9. The van der Waals surface area contributed by atoms with Crippen LogP contribution in [0, 0.1) is 10.1 Å². The molecule has 0 saturated heterocycles. The highest BCUT2D eigenvalue weighted by molar-refractivity contribution is 5.94. The highest BCUT2D eigenvalue weighted by Gasteiger charge is 2.12. The number of halogens is 1. The van der Waals surface area contributed by atoms with Gasteiger partial charge in [-0.1, -0.05) is 25.7 Å². The van der Waals surface area contributed by atoms with Gasteiger partial charge in [0.1, 0.15) is 0 Å². The van der Waals surface area contributed by atoms with Crippen LogP contribution in [0.1, 0.15) is 48.9 Å². The molecule has 0 aromatic heterocycles. The van der Waals surface area contributed by atoms with Crippen LogP contribution in [-0.2, 0) is 0 Å². The molecule has 0 atom stereocenters. The van der Waals surface area contributed by atoms with Gasteiger partial charge in [-0.3, -0.25) is 14.9 Å². The first kappa shape index (κ1) is 19.4. The molecule has 0 unspecified atom stereocenters. The van der Waals surface area contributed by atoms with Crippen LogP contribution < -0.4 is 10.6 Å². The van der Waals surface area contributed by atoms with E-state index < -0.39 is 4.92 Å². The first-order valence-electron chi connectivity index (χ1n) is 7.93. The van der Waals surface area contributed by atoms with Crippen molar-refractivity contribution in [1.82, 2.24) is 10.6 Å².